The minimum absolute atomic E-state index is 0.0296. The lowest BCUT2D eigenvalue weighted by atomic mass is 9.95. The Hall–Kier alpha value is -3.10. The Kier molecular flexibility index (Phi) is 3.96. The molecule has 0 radical (unpaired) electrons. The number of hydrogen-bond donors (Lipinski definition) is 1. The lowest BCUT2D eigenvalue weighted by Crippen LogP contribution is -2.38. The van der Waals surface area contributed by atoms with Crippen molar-refractivity contribution in [2.24, 2.45) is 7.05 Å². The van der Waals surface area contributed by atoms with Crippen LogP contribution in [-0.2, 0) is 7.05 Å². The highest BCUT2D eigenvalue weighted by Crippen LogP contribution is 2.37. The molecule has 1 aliphatic heterocycles. The summed E-state index contributed by atoms with van der Waals surface area (Å²) in [4.78, 5) is 27.0. The monoisotopic (exact) mass is 382 g/mol. The van der Waals surface area contributed by atoms with Gasteiger partial charge < -0.3 is 9.32 Å². The number of carbonyl (C=O) groups is 1. The van der Waals surface area contributed by atoms with Crippen molar-refractivity contribution in [3.8, 4) is 11.5 Å². The van der Waals surface area contributed by atoms with Gasteiger partial charge in [-0.2, -0.15) is 10.2 Å². The van der Waals surface area contributed by atoms with E-state index in [0.717, 1.165) is 31.5 Å². The molecule has 3 aromatic heterocycles. The van der Waals surface area contributed by atoms with Crippen molar-refractivity contribution in [1.29, 1.82) is 0 Å². The first-order chi connectivity index (χ1) is 13.6. The maximum Gasteiger partial charge on any atom is 0.345 e. The SMILES string of the molecule is Cn1nc(C2CCN(C(=O)c3cc(-c4ccco4)[nH]n3)CC2)n(C2CC2)c1=O. The summed E-state index contributed by atoms with van der Waals surface area (Å²) in [5.41, 5.74) is 1.04. The van der Waals surface area contributed by atoms with Gasteiger partial charge in [-0.25, -0.2) is 9.48 Å². The molecule has 3 aromatic rings. The quantitative estimate of drug-likeness (QED) is 0.743. The predicted octanol–water partition coefficient (Wildman–Crippen LogP) is 1.92. The molecule has 1 amide bonds. The summed E-state index contributed by atoms with van der Waals surface area (Å²) in [7, 11) is 1.71. The number of aromatic nitrogens is 5. The fraction of sp³-hybridized carbons (Fsp3) is 0.474. The second-order valence-corrected chi connectivity index (χ2v) is 7.58. The topological polar surface area (TPSA) is 102 Å². The molecular formula is C19H22N6O3. The minimum Gasteiger partial charge on any atom is -0.463 e. The van der Waals surface area contributed by atoms with Crippen LogP contribution in [0.5, 0.6) is 0 Å². The van der Waals surface area contributed by atoms with Crippen LogP contribution < -0.4 is 5.69 Å². The standard InChI is InChI=1S/C19H22N6O3/c1-23-19(27)25(13-4-5-13)17(22-23)12-6-8-24(9-7-12)18(26)15-11-14(20-21-15)16-3-2-10-28-16/h2-3,10-13H,4-9H2,1H3,(H,20,21). The molecule has 0 unspecified atom stereocenters. The van der Waals surface area contributed by atoms with Crippen molar-refractivity contribution >= 4 is 5.91 Å². The lowest BCUT2D eigenvalue weighted by Gasteiger charge is -2.31. The third-order valence-electron chi connectivity index (χ3n) is 5.63. The van der Waals surface area contributed by atoms with Gasteiger partial charge in [-0.1, -0.05) is 0 Å². The second-order valence-electron chi connectivity index (χ2n) is 7.58. The summed E-state index contributed by atoms with van der Waals surface area (Å²) >= 11 is 0. The van der Waals surface area contributed by atoms with Crippen LogP contribution in [0.15, 0.2) is 33.7 Å². The summed E-state index contributed by atoms with van der Waals surface area (Å²) < 4.78 is 8.64. The van der Waals surface area contributed by atoms with Crippen LogP contribution in [-0.4, -0.2) is 48.4 Å². The van der Waals surface area contributed by atoms with E-state index in [1.807, 2.05) is 15.5 Å². The van der Waals surface area contributed by atoms with E-state index in [4.69, 9.17) is 4.42 Å². The molecule has 9 nitrogen and oxygen atoms in total. The normalized spacial score (nSPS) is 18.0. The predicted molar refractivity (Wildman–Crippen MR) is 99.9 cm³/mol. The second kappa shape index (κ2) is 6.50. The van der Waals surface area contributed by atoms with Gasteiger partial charge in [0.1, 0.15) is 11.5 Å². The maximum absolute atomic E-state index is 12.8. The molecule has 146 valence electrons. The van der Waals surface area contributed by atoms with Gasteiger partial charge in [-0.15, -0.1) is 0 Å². The van der Waals surface area contributed by atoms with E-state index in [1.54, 1.807) is 25.4 Å². The fourth-order valence-corrected chi connectivity index (χ4v) is 3.94. The first-order valence-corrected chi connectivity index (χ1v) is 9.66. The number of amides is 1. The number of aryl methyl sites for hydroxylation is 1. The maximum atomic E-state index is 12.8. The molecule has 1 aliphatic carbocycles. The van der Waals surface area contributed by atoms with Gasteiger partial charge in [0.25, 0.3) is 5.91 Å². The van der Waals surface area contributed by atoms with Gasteiger partial charge in [-0.3, -0.25) is 14.5 Å². The molecular weight excluding hydrogens is 360 g/mol. The van der Waals surface area contributed by atoms with Gasteiger partial charge >= 0.3 is 5.69 Å². The first kappa shape index (κ1) is 17.0. The summed E-state index contributed by atoms with van der Waals surface area (Å²) in [6.07, 6.45) is 5.27. The number of nitrogens with one attached hydrogen (secondary N) is 1. The summed E-state index contributed by atoms with van der Waals surface area (Å²) in [5, 5.41) is 11.5. The number of furan rings is 1. The number of piperidine rings is 1. The zero-order valence-corrected chi connectivity index (χ0v) is 15.7. The number of rotatable bonds is 4. The Labute approximate surface area is 160 Å². The fourth-order valence-electron chi connectivity index (χ4n) is 3.94. The molecule has 1 N–H and O–H groups in total. The molecule has 5 rings (SSSR count). The van der Waals surface area contributed by atoms with Crippen molar-refractivity contribution < 1.29 is 9.21 Å². The Morgan fingerprint density at radius 1 is 1.25 bits per heavy atom. The molecule has 2 aliphatic rings. The van der Waals surface area contributed by atoms with Crippen molar-refractivity contribution in [2.45, 2.75) is 37.6 Å². The zero-order valence-electron chi connectivity index (χ0n) is 15.7. The van der Waals surface area contributed by atoms with Gasteiger partial charge in [-0.05, 0) is 37.8 Å². The third kappa shape index (κ3) is 2.87. The summed E-state index contributed by atoms with van der Waals surface area (Å²) in [5.74, 6) is 1.64. The van der Waals surface area contributed by atoms with Crippen LogP contribution in [0.3, 0.4) is 0 Å². The molecule has 2 fully saturated rings. The first-order valence-electron chi connectivity index (χ1n) is 9.66. The number of carbonyl (C=O) groups excluding carboxylic acids is 1. The highest BCUT2D eigenvalue weighted by molar-refractivity contribution is 5.93. The molecule has 4 heterocycles. The Balaban J connectivity index is 1.28. The molecule has 28 heavy (non-hydrogen) atoms. The highest BCUT2D eigenvalue weighted by Gasteiger charge is 2.34. The van der Waals surface area contributed by atoms with E-state index in [0.29, 0.717) is 36.3 Å². The molecule has 9 heteroatoms. The van der Waals surface area contributed by atoms with Crippen LogP contribution in [0.2, 0.25) is 0 Å². The smallest absolute Gasteiger partial charge is 0.345 e. The number of H-pyrrole nitrogens is 1. The largest absolute Gasteiger partial charge is 0.463 e. The van der Waals surface area contributed by atoms with Crippen LogP contribution in [0.1, 0.15) is 54.0 Å². The Bertz CT molecular complexity index is 1050. The van der Waals surface area contributed by atoms with Crippen molar-refractivity contribution in [2.75, 3.05) is 13.1 Å². The third-order valence-corrected chi connectivity index (χ3v) is 5.63. The molecule has 0 atom stereocenters. The van der Waals surface area contributed by atoms with E-state index >= 15 is 0 Å². The van der Waals surface area contributed by atoms with E-state index < -0.39 is 0 Å². The van der Waals surface area contributed by atoms with Gasteiger partial charge in [0.2, 0.25) is 0 Å². The number of aromatic amines is 1. The van der Waals surface area contributed by atoms with Crippen LogP contribution in [0.4, 0.5) is 0 Å². The number of hydrogen-bond acceptors (Lipinski definition) is 5. The van der Waals surface area contributed by atoms with Crippen LogP contribution in [0, 0.1) is 0 Å². The van der Waals surface area contributed by atoms with E-state index in [1.165, 1.54) is 4.68 Å². The lowest BCUT2D eigenvalue weighted by molar-refractivity contribution is 0.0704. The van der Waals surface area contributed by atoms with E-state index in [2.05, 4.69) is 15.3 Å². The van der Waals surface area contributed by atoms with Crippen molar-refractivity contribution in [1.82, 2.24) is 29.4 Å². The van der Waals surface area contributed by atoms with Gasteiger partial charge in [0, 0.05) is 38.2 Å². The van der Waals surface area contributed by atoms with Gasteiger partial charge in [0.05, 0.1) is 6.26 Å². The minimum atomic E-state index is -0.0897. The number of likely N-dealkylation sites (tertiary alicyclic amines) is 1. The van der Waals surface area contributed by atoms with Crippen molar-refractivity contribution in [3.05, 3.63) is 46.5 Å². The summed E-state index contributed by atoms with van der Waals surface area (Å²) in [6.45, 7) is 1.25. The molecule has 0 bridgehead atoms. The summed E-state index contributed by atoms with van der Waals surface area (Å²) in [6, 6.07) is 5.64. The van der Waals surface area contributed by atoms with Crippen LogP contribution >= 0.6 is 0 Å². The molecule has 1 saturated heterocycles. The zero-order chi connectivity index (χ0) is 19.3. The average molecular weight is 382 g/mol. The van der Waals surface area contributed by atoms with E-state index in [9.17, 15) is 9.59 Å². The molecule has 0 aromatic carbocycles. The Morgan fingerprint density at radius 2 is 2.04 bits per heavy atom. The Morgan fingerprint density at radius 3 is 2.71 bits per heavy atom. The van der Waals surface area contributed by atoms with Crippen LogP contribution in [0.25, 0.3) is 11.5 Å². The highest BCUT2D eigenvalue weighted by atomic mass is 16.3. The number of nitrogens with zero attached hydrogens (tertiary/aromatic N) is 5. The van der Waals surface area contributed by atoms with Gasteiger partial charge in [0.15, 0.2) is 11.5 Å². The molecule has 0 spiro atoms. The van der Waals surface area contributed by atoms with E-state index in [-0.39, 0.29) is 17.5 Å². The average Bonchev–Trinajstić information content (AvgIpc) is 3.12. The van der Waals surface area contributed by atoms with Crippen molar-refractivity contribution in [3.63, 3.8) is 0 Å². The molecule has 1 saturated carbocycles.